The summed E-state index contributed by atoms with van der Waals surface area (Å²) in [6.45, 7) is 6.47. The average Bonchev–Trinajstić information content (AvgIpc) is 3.26. The standard InChI is InChI=1S/C18H28N4O2S/c1-14(18(24)19-7-6-16-3-2-12-25-16)22-10-8-21(9-11-22)13-17(23)20-15-4-5-15/h2-3,12,14-15H,4-11,13H2,1H3,(H,19,24)(H,20,23)/t14-/m1/s1. The molecule has 2 amide bonds. The third kappa shape index (κ3) is 5.80. The van der Waals surface area contributed by atoms with Crippen molar-refractivity contribution in [2.45, 2.75) is 38.3 Å². The van der Waals surface area contributed by atoms with Crippen molar-refractivity contribution in [3.63, 3.8) is 0 Å². The van der Waals surface area contributed by atoms with Crippen molar-refractivity contribution in [3.05, 3.63) is 22.4 Å². The van der Waals surface area contributed by atoms with Gasteiger partial charge in [-0.2, -0.15) is 0 Å². The van der Waals surface area contributed by atoms with Crippen molar-refractivity contribution in [1.29, 1.82) is 0 Å². The Labute approximate surface area is 153 Å². The second-order valence-electron chi connectivity index (χ2n) is 6.95. The van der Waals surface area contributed by atoms with Crippen LogP contribution in [0.3, 0.4) is 0 Å². The molecule has 1 aliphatic carbocycles. The minimum Gasteiger partial charge on any atom is -0.354 e. The molecule has 1 saturated carbocycles. The fourth-order valence-corrected chi connectivity index (χ4v) is 3.80. The number of nitrogens with one attached hydrogen (secondary N) is 2. The van der Waals surface area contributed by atoms with Gasteiger partial charge in [-0.15, -0.1) is 11.3 Å². The predicted molar refractivity (Wildman–Crippen MR) is 99.7 cm³/mol. The molecule has 25 heavy (non-hydrogen) atoms. The van der Waals surface area contributed by atoms with Crippen LogP contribution in [0.15, 0.2) is 17.5 Å². The molecule has 6 nitrogen and oxygen atoms in total. The molecule has 2 fully saturated rings. The fourth-order valence-electron chi connectivity index (χ4n) is 3.09. The first kappa shape index (κ1) is 18.4. The number of piperazine rings is 1. The molecule has 0 spiro atoms. The zero-order chi connectivity index (χ0) is 17.6. The molecule has 0 bridgehead atoms. The predicted octanol–water partition coefficient (Wildman–Crippen LogP) is 0.692. The van der Waals surface area contributed by atoms with E-state index in [2.05, 4.69) is 31.9 Å². The van der Waals surface area contributed by atoms with Crippen LogP contribution in [0.2, 0.25) is 0 Å². The summed E-state index contributed by atoms with van der Waals surface area (Å²) in [5.41, 5.74) is 0. The summed E-state index contributed by atoms with van der Waals surface area (Å²) in [7, 11) is 0. The van der Waals surface area contributed by atoms with Crippen LogP contribution in [0.1, 0.15) is 24.6 Å². The van der Waals surface area contributed by atoms with Crippen LogP contribution in [0.4, 0.5) is 0 Å². The normalized spacial score (nSPS) is 20.2. The van der Waals surface area contributed by atoms with Crippen LogP contribution in [0.5, 0.6) is 0 Å². The number of hydrogen-bond donors (Lipinski definition) is 2. The van der Waals surface area contributed by atoms with E-state index < -0.39 is 0 Å². The first-order valence-corrected chi connectivity index (χ1v) is 10.1. The highest BCUT2D eigenvalue weighted by atomic mass is 32.1. The van der Waals surface area contributed by atoms with Gasteiger partial charge in [-0.3, -0.25) is 19.4 Å². The molecule has 7 heteroatoms. The summed E-state index contributed by atoms with van der Waals surface area (Å²) in [4.78, 5) is 29.9. The number of nitrogens with zero attached hydrogens (tertiary/aromatic N) is 2. The maximum atomic E-state index is 12.3. The molecular weight excluding hydrogens is 336 g/mol. The van der Waals surface area contributed by atoms with Gasteiger partial charge < -0.3 is 10.6 Å². The van der Waals surface area contributed by atoms with Gasteiger partial charge in [-0.05, 0) is 37.6 Å². The lowest BCUT2D eigenvalue weighted by Crippen LogP contribution is -2.55. The number of hydrogen-bond acceptors (Lipinski definition) is 5. The van der Waals surface area contributed by atoms with Gasteiger partial charge in [-0.1, -0.05) is 6.07 Å². The number of amides is 2. The number of thiophene rings is 1. The molecule has 2 heterocycles. The van der Waals surface area contributed by atoms with E-state index in [0.29, 0.717) is 19.1 Å². The molecular formula is C18H28N4O2S. The van der Waals surface area contributed by atoms with Crippen molar-refractivity contribution in [2.24, 2.45) is 0 Å². The Morgan fingerprint density at radius 2 is 2.04 bits per heavy atom. The maximum absolute atomic E-state index is 12.3. The first-order valence-electron chi connectivity index (χ1n) is 9.17. The van der Waals surface area contributed by atoms with Crippen molar-refractivity contribution < 1.29 is 9.59 Å². The molecule has 1 atom stereocenters. The molecule has 1 saturated heterocycles. The highest BCUT2D eigenvalue weighted by molar-refractivity contribution is 7.09. The minimum atomic E-state index is -0.120. The van der Waals surface area contributed by atoms with Crippen molar-refractivity contribution in [3.8, 4) is 0 Å². The van der Waals surface area contributed by atoms with E-state index in [1.807, 2.05) is 13.0 Å². The lowest BCUT2D eigenvalue weighted by molar-refractivity contribution is -0.127. The van der Waals surface area contributed by atoms with Crippen LogP contribution < -0.4 is 10.6 Å². The van der Waals surface area contributed by atoms with Crippen molar-refractivity contribution >= 4 is 23.2 Å². The lowest BCUT2D eigenvalue weighted by atomic mass is 10.2. The molecule has 0 radical (unpaired) electrons. The molecule has 3 rings (SSSR count). The van der Waals surface area contributed by atoms with Crippen molar-refractivity contribution in [1.82, 2.24) is 20.4 Å². The van der Waals surface area contributed by atoms with Crippen LogP contribution in [-0.4, -0.2) is 73.0 Å². The van der Waals surface area contributed by atoms with E-state index >= 15 is 0 Å². The summed E-state index contributed by atoms with van der Waals surface area (Å²) >= 11 is 1.72. The Morgan fingerprint density at radius 1 is 1.28 bits per heavy atom. The summed E-state index contributed by atoms with van der Waals surface area (Å²) in [5.74, 6) is 0.229. The van der Waals surface area contributed by atoms with Crippen molar-refractivity contribution in [2.75, 3.05) is 39.3 Å². The zero-order valence-electron chi connectivity index (χ0n) is 14.9. The molecule has 1 aromatic rings. The molecule has 2 N–H and O–H groups in total. The minimum absolute atomic E-state index is 0.0940. The van der Waals surface area contributed by atoms with Crippen LogP contribution in [0, 0.1) is 0 Å². The highest BCUT2D eigenvalue weighted by Crippen LogP contribution is 2.18. The third-order valence-corrected chi connectivity index (χ3v) is 5.83. The van der Waals surface area contributed by atoms with E-state index in [4.69, 9.17) is 0 Å². The second-order valence-corrected chi connectivity index (χ2v) is 7.98. The zero-order valence-corrected chi connectivity index (χ0v) is 15.7. The summed E-state index contributed by atoms with van der Waals surface area (Å²) in [6, 6.07) is 4.44. The molecule has 1 aliphatic heterocycles. The van der Waals surface area contributed by atoms with Gasteiger partial charge in [0.1, 0.15) is 0 Å². The molecule has 0 aromatic carbocycles. The van der Waals surface area contributed by atoms with Gasteiger partial charge in [-0.25, -0.2) is 0 Å². The number of carbonyl (C=O) groups excluding carboxylic acids is 2. The smallest absolute Gasteiger partial charge is 0.237 e. The van der Waals surface area contributed by atoms with E-state index in [0.717, 1.165) is 45.4 Å². The molecule has 1 aromatic heterocycles. The number of rotatable bonds is 8. The Bertz CT molecular complexity index is 566. The van der Waals surface area contributed by atoms with E-state index in [1.165, 1.54) is 4.88 Å². The van der Waals surface area contributed by atoms with Crippen LogP contribution >= 0.6 is 11.3 Å². The monoisotopic (exact) mass is 364 g/mol. The van der Waals surface area contributed by atoms with Gasteiger partial charge in [0, 0.05) is 43.6 Å². The van der Waals surface area contributed by atoms with Crippen LogP contribution in [0.25, 0.3) is 0 Å². The Kier molecular flexibility index (Phi) is 6.45. The van der Waals surface area contributed by atoms with Gasteiger partial charge >= 0.3 is 0 Å². The van der Waals surface area contributed by atoms with Gasteiger partial charge in [0.25, 0.3) is 0 Å². The van der Waals surface area contributed by atoms with Gasteiger partial charge in [0.2, 0.25) is 11.8 Å². The SMILES string of the molecule is C[C@H](C(=O)NCCc1cccs1)N1CCN(CC(=O)NC2CC2)CC1. The summed E-state index contributed by atoms with van der Waals surface area (Å²) in [6.07, 6.45) is 3.14. The first-order chi connectivity index (χ1) is 12.1. The van der Waals surface area contributed by atoms with E-state index in [1.54, 1.807) is 11.3 Å². The Morgan fingerprint density at radius 3 is 2.68 bits per heavy atom. The lowest BCUT2D eigenvalue weighted by Gasteiger charge is -2.37. The van der Waals surface area contributed by atoms with E-state index in [-0.39, 0.29) is 17.9 Å². The van der Waals surface area contributed by atoms with Gasteiger partial charge in [0.15, 0.2) is 0 Å². The maximum Gasteiger partial charge on any atom is 0.237 e. The molecule has 138 valence electrons. The fraction of sp³-hybridized carbons (Fsp3) is 0.667. The number of carbonyl (C=O) groups is 2. The van der Waals surface area contributed by atoms with Crippen LogP contribution in [-0.2, 0) is 16.0 Å². The molecule has 0 unspecified atom stereocenters. The topological polar surface area (TPSA) is 64.7 Å². The third-order valence-electron chi connectivity index (χ3n) is 4.89. The largest absolute Gasteiger partial charge is 0.354 e. The quantitative estimate of drug-likeness (QED) is 0.712. The summed E-state index contributed by atoms with van der Waals surface area (Å²) < 4.78 is 0. The summed E-state index contributed by atoms with van der Waals surface area (Å²) in [5, 5.41) is 8.13. The van der Waals surface area contributed by atoms with E-state index in [9.17, 15) is 9.59 Å². The molecule has 2 aliphatic rings. The highest BCUT2D eigenvalue weighted by Gasteiger charge is 2.28. The van der Waals surface area contributed by atoms with Gasteiger partial charge in [0.05, 0.1) is 12.6 Å². The Hall–Kier alpha value is -1.44. The Balaban J connectivity index is 1.33. The average molecular weight is 365 g/mol. The second kappa shape index (κ2) is 8.78.